The van der Waals surface area contributed by atoms with Gasteiger partial charge >= 0.3 is 5.97 Å². The molecule has 0 fully saturated rings. The van der Waals surface area contributed by atoms with Crippen LogP contribution in [0.5, 0.6) is 0 Å². The van der Waals surface area contributed by atoms with Gasteiger partial charge < -0.3 is 5.11 Å². The maximum absolute atomic E-state index is 11.0. The van der Waals surface area contributed by atoms with Gasteiger partial charge in [0.1, 0.15) is 0 Å². The number of aromatic carboxylic acids is 1. The summed E-state index contributed by atoms with van der Waals surface area (Å²) in [5, 5.41) is 8.99. The third kappa shape index (κ3) is 2.01. The molecule has 1 N–H and O–H groups in total. The maximum atomic E-state index is 11.0. The Labute approximate surface area is 110 Å². The zero-order valence-corrected chi connectivity index (χ0v) is 10.4. The summed E-state index contributed by atoms with van der Waals surface area (Å²) in [6.07, 6.45) is 4.51. The predicted octanol–water partition coefficient (Wildman–Crippen LogP) is 2.47. The van der Waals surface area contributed by atoms with Crippen molar-refractivity contribution in [3.63, 3.8) is 0 Å². The van der Waals surface area contributed by atoms with E-state index in [9.17, 15) is 4.79 Å². The zero-order valence-electron chi connectivity index (χ0n) is 10.4. The molecular weight excluding hydrogens is 240 g/mol. The number of carboxylic acid groups (broad SMARTS) is 1. The Bertz CT molecular complexity index is 705. The number of nitrogens with zero attached hydrogens (tertiary/aromatic N) is 2. The lowest BCUT2D eigenvalue weighted by Gasteiger charge is -2.06. The Balaban J connectivity index is 2.04. The largest absolute Gasteiger partial charge is 0.478 e. The lowest BCUT2D eigenvalue weighted by Crippen LogP contribution is -1.99. The average molecular weight is 252 g/mol. The van der Waals surface area contributed by atoms with Gasteiger partial charge in [0.05, 0.1) is 5.56 Å². The molecule has 4 heteroatoms. The van der Waals surface area contributed by atoms with Gasteiger partial charge in [-0.3, -0.25) is 0 Å². The van der Waals surface area contributed by atoms with Gasteiger partial charge in [0, 0.05) is 17.5 Å². The summed E-state index contributed by atoms with van der Waals surface area (Å²) in [5.74, 6) is -0.204. The van der Waals surface area contributed by atoms with Crippen LogP contribution in [0.25, 0.3) is 5.57 Å². The molecule has 1 aromatic carbocycles. The first-order valence-corrected chi connectivity index (χ1v) is 6.02. The van der Waals surface area contributed by atoms with Gasteiger partial charge in [-0.1, -0.05) is 12.1 Å². The van der Waals surface area contributed by atoms with Crippen molar-refractivity contribution >= 4 is 11.5 Å². The van der Waals surface area contributed by atoms with Crippen LogP contribution in [0.2, 0.25) is 0 Å². The molecule has 0 unspecified atom stereocenters. The summed E-state index contributed by atoms with van der Waals surface area (Å²) in [7, 11) is 0. The molecule has 0 amide bonds. The van der Waals surface area contributed by atoms with E-state index < -0.39 is 5.97 Å². The van der Waals surface area contributed by atoms with Crippen molar-refractivity contribution in [3.8, 4) is 0 Å². The van der Waals surface area contributed by atoms with Crippen molar-refractivity contribution in [3.05, 3.63) is 64.7 Å². The summed E-state index contributed by atoms with van der Waals surface area (Å²) in [6, 6.07) is 7.03. The third-order valence-corrected chi connectivity index (χ3v) is 3.20. The SMILES string of the molecule is Cc1ccnc(C2=CCc3cc(C(=O)O)ccc32)n1. The van der Waals surface area contributed by atoms with E-state index in [0.717, 1.165) is 28.8 Å². The second-order valence-electron chi connectivity index (χ2n) is 4.52. The van der Waals surface area contributed by atoms with Crippen molar-refractivity contribution in [2.24, 2.45) is 0 Å². The molecule has 0 atom stereocenters. The number of aryl methyl sites for hydroxylation is 1. The van der Waals surface area contributed by atoms with Crippen LogP contribution in [-0.4, -0.2) is 21.0 Å². The summed E-state index contributed by atoms with van der Waals surface area (Å²) in [4.78, 5) is 19.7. The Morgan fingerprint density at radius 2 is 2.16 bits per heavy atom. The molecule has 19 heavy (non-hydrogen) atoms. The molecule has 1 aliphatic rings. The minimum absolute atomic E-state index is 0.318. The predicted molar refractivity (Wildman–Crippen MR) is 71.0 cm³/mol. The topological polar surface area (TPSA) is 63.1 Å². The Kier molecular flexibility index (Phi) is 2.63. The van der Waals surface area contributed by atoms with Crippen LogP contribution in [0.1, 0.15) is 33.0 Å². The molecule has 0 saturated carbocycles. The van der Waals surface area contributed by atoms with Crippen molar-refractivity contribution in [1.82, 2.24) is 9.97 Å². The fourth-order valence-corrected chi connectivity index (χ4v) is 2.27. The van der Waals surface area contributed by atoms with Crippen molar-refractivity contribution < 1.29 is 9.90 Å². The first-order valence-electron chi connectivity index (χ1n) is 6.02. The molecule has 4 nitrogen and oxygen atoms in total. The van der Waals surface area contributed by atoms with Gasteiger partial charge in [-0.05, 0) is 42.7 Å². The summed E-state index contributed by atoms with van der Waals surface area (Å²) < 4.78 is 0. The van der Waals surface area contributed by atoms with Crippen LogP contribution in [0.15, 0.2) is 36.5 Å². The number of rotatable bonds is 2. The van der Waals surface area contributed by atoms with Gasteiger partial charge in [-0.2, -0.15) is 0 Å². The van der Waals surface area contributed by atoms with Gasteiger partial charge in [-0.15, -0.1) is 0 Å². The number of hydrogen-bond donors (Lipinski definition) is 1. The van der Waals surface area contributed by atoms with Crippen LogP contribution >= 0.6 is 0 Å². The zero-order chi connectivity index (χ0) is 13.4. The Morgan fingerprint density at radius 3 is 2.89 bits per heavy atom. The fraction of sp³-hybridized carbons (Fsp3) is 0.133. The van der Waals surface area contributed by atoms with Crippen LogP contribution in [-0.2, 0) is 6.42 Å². The van der Waals surface area contributed by atoms with Gasteiger partial charge in [-0.25, -0.2) is 14.8 Å². The number of fused-ring (bicyclic) bond motifs is 1. The Morgan fingerprint density at radius 1 is 1.32 bits per heavy atom. The monoisotopic (exact) mass is 252 g/mol. The van der Waals surface area contributed by atoms with Crippen molar-refractivity contribution in [1.29, 1.82) is 0 Å². The molecule has 1 heterocycles. The van der Waals surface area contributed by atoms with Crippen LogP contribution in [0.3, 0.4) is 0 Å². The second kappa shape index (κ2) is 4.31. The normalized spacial score (nSPS) is 13.0. The summed E-state index contributed by atoms with van der Waals surface area (Å²) >= 11 is 0. The lowest BCUT2D eigenvalue weighted by atomic mass is 10.0. The minimum atomic E-state index is -0.900. The van der Waals surface area contributed by atoms with E-state index >= 15 is 0 Å². The number of aromatic nitrogens is 2. The van der Waals surface area contributed by atoms with E-state index in [-0.39, 0.29) is 0 Å². The first kappa shape index (κ1) is 11.6. The smallest absolute Gasteiger partial charge is 0.335 e. The molecule has 1 aromatic heterocycles. The quantitative estimate of drug-likeness (QED) is 0.891. The molecule has 0 radical (unpaired) electrons. The average Bonchev–Trinajstić information content (AvgIpc) is 2.81. The highest BCUT2D eigenvalue weighted by Gasteiger charge is 2.19. The van der Waals surface area contributed by atoms with E-state index in [1.807, 2.05) is 25.1 Å². The number of hydrogen-bond acceptors (Lipinski definition) is 3. The molecule has 3 rings (SSSR count). The highest BCUT2D eigenvalue weighted by molar-refractivity contribution is 5.90. The molecule has 0 bridgehead atoms. The molecule has 94 valence electrons. The molecule has 0 saturated heterocycles. The number of carbonyl (C=O) groups is 1. The molecular formula is C15H12N2O2. The van der Waals surface area contributed by atoms with E-state index in [1.165, 1.54) is 0 Å². The highest BCUT2D eigenvalue weighted by atomic mass is 16.4. The van der Waals surface area contributed by atoms with Crippen LogP contribution < -0.4 is 0 Å². The van der Waals surface area contributed by atoms with Crippen LogP contribution in [0.4, 0.5) is 0 Å². The highest BCUT2D eigenvalue weighted by Crippen LogP contribution is 2.31. The standard InChI is InChI=1S/C15H12N2O2/c1-9-6-7-16-14(17-9)13-5-2-10-8-11(15(18)19)3-4-12(10)13/h3-8H,2H2,1H3,(H,18,19). The summed E-state index contributed by atoms with van der Waals surface area (Å²) in [6.45, 7) is 1.93. The maximum Gasteiger partial charge on any atom is 0.335 e. The minimum Gasteiger partial charge on any atom is -0.478 e. The van der Waals surface area contributed by atoms with Crippen molar-refractivity contribution in [2.75, 3.05) is 0 Å². The van der Waals surface area contributed by atoms with Gasteiger partial charge in [0.15, 0.2) is 5.82 Å². The molecule has 1 aliphatic carbocycles. The number of benzene rings is 1. The Hall–Kier alpha value is -2.49. The van der Waals surface area contributed by atoms with Crippen LogP contribution in [0, 0.1) is 6.92 Å². The first-order chi connectivity index (χ1) is 9.15. The van der Waals surface area contributed by atoms with Gasteiger partial charge in [0.25, 0.3) is 0 Å². The fourth-order valence-electron chi connectivity index (χ4n) is 2.27. The van der Waals surface area contributed by atoms with Gasteiger partial charge in [0.2, 0.25) is 0 Å². The van der Waals surface area contributed by atoms with E-state index in [1.54, 1.807) is 18.3 Å². The number of allylic oxidation sites excluding steroid dienone is 1. The molecule has 0 aliphatic heterocycles. The third-order valence-electron chi connectivity index (χ3n) is 3.20. The number of carboxylic acids is 1. The van der Waals surface area contributed by atoms with E-state index in [2.05, 4.69) is 9.97 Å². The lowest BCUT2D eigenvalue weighted by molar-refractivity contribution is 0.0697. The van der Waals surface area contributed by atoms with Crippen molar-refractivity contribution in [2.45, 2.75) is 13.3 Å². The van der Waals surface area contributed by atoms with E-state index in [0.29, 0.717) is 11.4 Å². The molecule has 0 spiro atoms. The molecule has 2 aromatic rings. The summed E-state index contributed by atoms with van der Waals surface area (Å²) in [5.41, 5.74) is 4.26. The van der Waals surface area contributed by atoms with E-state index in [4.69, 9.17) is 5.11 Å². The second-order valence-corrected chi connectivity index (χ2v) is 4.52.